The number of hydrogen-bond donors (Lipinski definition) is 1. The van der Waals surface area contributed by atoms with Crippen molar-refractivity contribution >= 4 is 24.2 Å². The van der Waals surface area contributed by atoms with Crippen molar-refractivity contribution in [2.45, 2.75) is 18.3 Å². The van der Waals surface area contributed by atoms with E-state index in [1.54, 1.807) is 12.1 Å². The summed E-state index contributed by atoms with van der Waals surface area (Å²) in [5.74, 6) is -0.00730. The molecule has 1 amide bonds. The minimum absolute atomic E-state index is 0.0119. The molecule has 17 heavy (non-hydrogen) atoms. The van der Waals surface area contributed by atoms with E-state index in [0.717, 1.165) is 0 Å². The molecule has 0 saturated carbocycles. The van der Waals surface area contributed by atoms with Crippen LogP contribution >= 0.6 is 12.6 Å². The maximum atomic E-state index is 12.1. The largest absolute Gasteiger partial charge is 0.435 e. The monoisotopic (exact) mass is 259 g/mol. The van der Waals surface area contributed by atoms with Gasteiger partial charge in [0.05, 0.1) is 0 Å². The summed E-state index contributed by atoms with van der Waals surface area (Å²) in [7, 11) is 0. The Balaban J connectivity index is 2.18. The van der Waals surface area contributed by atoms with E-state index in [4.69, 9.17) is 0 Å². The van der Waals surface area contributed by atoms with Gasteiger partial charge < -0.3 is 9.64 Å². The fourth-order valence-electron chi connectivity index (χ4n) is 1.77. The first kappa shape index (κ1) is 12.2. The number of thiol groups is 1. The number of carbonyl (C=O) groups is 1. The Bertz CT molecular complexity index is 428. The Morgan fingerprint density at radius 2 is 2.24 bits per heavy atom. The number of rotatable bonds is 3. The molecular weight excluding hydrogens is 248 g/mol. The fraction of sp³-hybridized carbons (Fsp3) is 0.364. The summed E-state index contributed by atoms with van der Waals surface area (Å²) in [6.45, 7) is -2.38. The lowest BCUT2D eigenvalue weighted by molar-refractivity contribution is -0.117. The lowest BCUT2D eigenvalue weighted by atomic mass is 10.3. The molecule has 1 aliphatic heterocycles. The number of benzene rings is 1. The van der Waals surface area contributed by atoms with E-state index < -0.39 is 6.61 Å². The SMILES string of the molecule is O=C1CC(S)CN1c1cccc(OC(F)F)c1. The zero-order chi connectivity index (χ0) is 12.4. The van der Waals surface area contributed by atoms with E-state index in [0.29, 0.717) is 18.7 Å². The highest BCUT2D eigenvalue weighted by Gasteiger charge is 2.28. The third-order valence-corrected chi connectivity index (χ3v) is 2.80. The third-order valence-electron chi connectivity index (χ3n) is 2.46. The van der Waals surface area contributed by atoms with Crippen LogP contribution in [0.4, 0.5) is 14.5 Å². The fourth-order valence-corrected chi connectivity index (χ4v) is 2.09. The van der Waals surface area contributed by atoms with Crippen LogP contribution in [0.5, 0.6) is 5.75 Å². The average Bonchev–Trinajstić information content (AvgIpc) is 2.57. The second-order valence-corrected chi connectivity index (χ2v) is 4.47. The van der Waals surface area contributed by atoms with Crippen LogP contribution in [-0.2, 0) is 4.79 Å². The maximum Gasteiger partial charge on any atom is 0.387 e. The molecule has 0 aliphatic carbocycles. The molecule has 0 spiro atoms. The molecule has 1 heterocycles. The van der Waals surface area contributed by atoms with Crippen LogP contribution in [0.1, 0.15) is 6.42 Å². The Labute approximate surface area is 103 Å². The van der Waals surface area contributed by atoms with Gasteiger partial charge in [0.2, 0.25) is 5.91 Å². The summed E-state index contributed by atoms with van der Waals surface area (Å²) in [6, 6.07) is 6.11. The molecule has 2 rings (SSSR count). The summed E-state index contributed by atoms with van der Waals surface area (Å²) in [6.07, 6.45) is 0.364. The summed E-state index contributed by atoms with van der Waals surface area (Å²) in [5, 5.41) is -0.0119. The lowest BCUT2D eigenvalue weighted by Crippen LogP contribution is -2.24. The van der Waals surface area contributed by atoms with Crippen LogP contribution in [0.15, 0.2) is 24.3 Å². The first-order chi connectivity index (χ1) is 8.06. The second-order valence-electron chi connectivity index (χ2n) is 3.74. The molecule has 1 unspecified atom stereocenters. The average molecular weight is 259 g/mol. The molecule has 6 heteroatoms. The van der Waals surface area contributed by atoms with Crippen LogP contribution in [-0.4, -0.2) is 24.3 Å². The number of ether oxygens (including phenoxy) is 1. The van der Waals surface area contributed by atoms with Crippen molar-refractivity contribution < 1.29 is 18.3 Å². The smallest absolute Gasteiger partial charge is 0.387 e. The lowest BCUT2D eigenvalue weighted by Gasteiger charge is -2.16. The van der Waals surface area contributed by atoms with Crippen molar-refractivity contribution in [3.05, 3.63) is 24.3 Å². The van der Waals surface area contributed by atoms with Crippen molar-refractivity contribution in [1.29, 1.82) is 0 Å². The highest BCUT2D eigenvalue weighted by atomic mass is 32.1. The van der Waals surface area contributed by atoms with Gasteiger partial charge in [-0.1, -0.05) is 6.07 Å². The van der Waals surface area contributed by atoms with Crippen molar-refractivity contribution in [1.82, 2.24) is 0 Å². The van der Waals surface area contributed by atoms with Gasteiger partial charge in [-0.2, -0.15) is 21.4 Å². The van der Waals surface area contributed by atoms with Gasteiger partial charge in [0.15, 0.2) is 0 Å². The quantitative estimate of drug-likeness (QED) is 0.844. The third kappa shape index (κ3) is 2.88. The van der Waals surface area contributed by atoms with Gasteiger partial charge in [-0.25, -0.2) is 0 Å². The van der Waals surface area contributed by atoms with Gasteiger partial charge in [-0.3, -0.25) is 4.79 Å². The first-order valence-corrected chi connectivity index (χ1v) is 5.61. The summed E-state index contributed by atoms with van der Waals surface area (Å²) < 4.78 is 28.4. The minimum Gasteiger partial charge on any atom is -0.435 e. The number of carbonyl (C=O) groups excluding carboxylic acids is 1. The summed E-state index contributed by atoms with van der Waals surface area (Å²) >= 11 is 4.23. The number of nitrogens with zero attached hydrogens (tertiary/aromatic N) is 1. The minimum atomic E-state index is -2.86. The van der Waals surface area contributed by atoms with E-state index in [2.05, 4.69) is 17.4 Å². The predicted octanol–water partition coefficient (Wildman–Crippen LogP) is 2.32. The number of alkyl halides is 2. The molecule has 1 fully saturated rings. The van der Waals surface area contributed by atoms with Crippen LogP contribution in [0.3, 0.4) is 0 Å². The maximum absolute atomic E-state index is 12.1. The van der Waals surface area contributed by atoms with Crippen molar-refractivity contribution in [2.24, 2.45) is 0 Å². The number of hydrogen-bond acceptors (Lipinski definition) is 3. The Morgan fingerprint density at radius 1 is 1.47 bits per heavy atom. The number of halogens is 2. The van der Waals surface area contributed by atoms with Crippen LogP contribution in [0, 0.1) is 0 Å². The molecule has 92 valence electrons. The number of anilines is 1. The van der Waals surface area contributed by atoms with Gasteiger partial charge in [-0.15, -0.1) is 0 Å². The van der Waals surface area contributed by atoms with E-state index in [9.17, 15) is 13.6 Å². The molecule has 0 aromatic heterocycles. The highest BCUT2D eigenvalue weighted by molar-refractivity contribution is 7.81. The van der Waals surface area contributed by atoms with Gasteiger partial charge >= 0.3 is 6.61 Å². The van der Waals surface area contributed by atoms with E-state index >= 15 is 0 Å². The van der Waals surface area contributed by atoms with Crippen molar-refractivity contribution in [3.8, 4) is 5.75 Å². The molecule has 0 N–H and O–H groups in total. The van der Waals surface area contributed by atoms with E-state index in [-0.39, 0.29) is 16.9 Å². The summed E-state index contributed by atoms with van der Waals surface area (Å²) in [4.78, 5) is 13.1. The zero-order valence-electron chi connectivity index (χ0n) is 8.85. The zero-order valence-corrected chi connectivity index (χ0v) is 9.74. The topological polar surface area (TPSA) is 29.5 Å². The molecule has 1 atom stereocenters. The molecule has 1 saturated heterocycles. The Morgan fingerprint density at radius 3 is 2.82 bits per heavy atom. The molecule has 1 aromatic carbocycles. The normalized spacial score (nSPS) is 20.1. The highest BCUT2D eigenvalue weighted by Crippen LogP contribution is 2.27. The van der Waals surface area contributed by atoms with E-state index in [1.165, 1.54) is 17.0 Å². The molecule has 3 nitrogen and oxygen atoms in total. The van der Waals surface area contributed by atoms with Gasteiger partial charge in [0.1, 0.15) is 5.75 Å². The van der Waals surface area contributed by atoms with Crippen LogP contribution in [0.25, 0.3) is 0 Å². The molecule has 0 radical (unpaired) electrons. The molecule has 1 aromatic rings. The Hall–Kier alpha value is -1.30. The van der Waals surface area contributed by atoms with Crippen LogP contribution in [0.2, 0.25) is 0 Å². The number of amides is 1. The van der Waals surface area contributed by atoms with Gasteiger partial charge in [0, 0.05) is 30.0 Å². The molecular formula is C11H11F2NO2S. The van der Waals surface area contributed by atoms with Crippen molar-refractivity contribution in [3.63, 3.8) is 0 Å². The predicted molar refractivity (Wildman–Crippen MR) is 62.8 cm³/mol. The van der Waals surface area contributed by atoms with E-state index in [1.807, 2.05) is 0 Å². The standard InChI is InChI=1S/C11H11F2NO2S/c12-11(13)16-8-3-1-2-7(4-8)14-6-9(17)5-10(14)15/h1-4,9,11,17H,5-6H2. The first-order valence-electron chi connectivity index (χ1n) is 5.09. The molecule has 0 bridgehead atoms. The van der Waals surface area contributed by atoms with Gasteiger partial charge in [0.25, 0.3) is 0 Å². The summed E-state index contributed by atoms with van der Waals surface area (Å²) in [5.41, 5.74) is 0.560. The Kier molecular flexibility index (Phi) is 3.51. The van der Waals surface area contributed by atoms with Crippen molar-refractivity contribution in [2.75, 3.05) is 11.4 Å². The second kappa shape index (κ2) is 4.91. The van der Waals surface area contributed by atoms with Crippen LogP contribution < -0.4 is 9.64 Å². The molecule has 1 aliphatic rings. The van der Waals surface area contributed by atoms with Gasteiger partial charge in [-0.05, 0) is 12.1 Å².